The van der Waals surface area contributed by atoms with E-state index in [0.29, 0.717) is 43.2 Å². The van der Waals surface area contributed by atoms with Gasteiger partial charge in [0, 0.05) is 33.1 Å². The molecule has 0 spiro atoms. The van der Waals surface area contributed by atoms with Crippen LogP contribution in [0.25, 0.3) is 0 Å². The zero-order chi connectivity index (χ0) is 23.1. The molecular formula is C24H29N3O5. The van der Waals surface area contributed by atoms with E-state index in [1.54, 1.807) is 30.0 Å². The van der Waals surface area contributed by atoms with Gasteiger partial charge >= 0.3 is 5.97 Å². The Hall–Kier alpha value is -3.55. The van der Waals surface area contributed by atoms with E-state index in [2.05, 4.69) is 17.1 Å². The summed E-state index contributed by atoms with van der Waals surface area (Å²) in [7, 11) is 1.31. The standard InChI is InChI=1S/C24H29N3O5/c1-4-18-5-8-20(9-6-18)32-16-23(29)25-21-15-19(24(30)31-3)7-10-22(21)27-13-11-26(12-14-27)17(2)28/h5-10,15H,4,11-14,16H2,1-3H3,(H,25,29). The number of aryl methyl sites for hydroxylation is 1. The summed E-state index contributed by atoms with van der Waals surface area (Å²) in [6.07, 6.45) is 0.931. The molecule has 1 N–H and O–H groups in total. The highest BCUT2D eigenvalue weighted by Gasteiger charge is 2.22. The summed E-state index contributed by atoms with van der Waals surface area (Å²) in [5.74, 6) is -0.166. The first-order valence-electron chi connectivity index (χ1n) is 10.7. The van der Waals surface area contributed by atoms with Crippen molar-refractivity contribution >= 4 is 29.2 Å². The van der Waals surface area contributed by atoms with Crippen molar-refractivity contribution in [2.45, 2.75) is 20.3 Å². The molecule has 1 aliphatic heterocycles. The second-order valence-corrected chi connectivity index (χ2v) is 7.55. The number of nitrogens with zero attached hydrogens (tertiary/aromatic N) is 2. The molecule has 8 nitrogen and oxygen atoms in total. The fourth-order valence-corrected chi connectivity index (χ4v) is 3.58. The van der Waals surface area contributed by atoms with Gasteiger partial charge in [-0.05, 0) is 42.3 Å². The third-order valence-corrected chi connectivity index (χ3v) is 5.46. The Morgan fingerprint density at radius 1 is 1.00 bits per heavy atom. The van der Waals surface area contributed by atoms with Gasteiger partial charge in [-0.25, -0.2) is 4.79 Å². The van der Waals surface area contributed by atoms with E-state index in [-0.39, 0.29) is 18.4 Å². The Bertz CT molecular complexity index is 966. The molecule has 0 aliphatic carbocycles. The van der Waals surface area contributed by atoms with Gasteiger partial charge in [-0.1, -0.05) is 19.1 Å². The topological polar surface area (TPSA) is 88.2 Å². The Morgan fingerprint density at radius 2 is 1.69 bits per heavy atom. The van der Waals surface area contributed by atoms with Crippen LogP contribution in [0, 0.1) is 0 Å². The van der Waals surface area contributed by atoms with Crippen LogP contribution < -0.4 is 15.0 Å². The summed E-state index contributed by atoms with van der Waals surface area (Å²) in [4.78, 5) is 40.1. The van der Waals surface area contributed by atoms with Crippen LogP contribution in [-0.4, -0.2) is 62.6 Å². The van der Waals surface area contributed by atoms with Crippen molar-refractivity contribution in [3.05, 3.63) is 53.6 Å². The van der Waals surface area contributed by atoms with Gasteiger partial charge in [0.25, 0.3) is 5.91 Å². The molecule has 170 valence electrons. The maximum Gasteiger partial charge on any atom is 0.337 e. The van der Waals surface area contributed by atoms with Crippen LogP contribution in [0.1, 0.15) is 29.8 Å². The molecule has 1 aliphatic rings. The lowest BCUT2D eigenvalue weighted by molar-refractivity contribution is -0.129. The minimum absolute atomic E-state index is 0.0448. The molecule has 32 heavy (non-hydrogen) atoms. The average Bonchev–Trinajstić information content (AvgIpc) is 2.82. The Kier molecular flexibility index (Phi) is 7.70. The van der Waals surface area contributed by atoms with E-state index in [1.165, 1.54) is 12.7 Å². The van der Waals surface area contributed by atoms with E-state index >= 15 is 0 Å². The highest BCUT2D eigenvalue weighted by molar-refractivity contribution is 5.98. The summed E-state index contributed by atoms with van der Waals surface area (Å²) in [6, 6.07) is 12.7. The van der Waals surface area contributed by atoms with Crippen LogP contribution in [0.2, 0.25) is 0 Å². The van der Waals surface area contributed by atoms with Gasteiger partial charge < -0.3 is 24.6 Å². The van der Waals surface area contributed by atoms with Gasteiger partial charge in [0.15, 0.2) is 6.61 Å². The summed E-state index contributed by atoms with van der Waals surface area (Å²) < 4.78 is 10.4. The van der Waals surface area contributed by atoms with Crippen molar-refractivity contribution < 1.29 is 23.9 Å². The molecule has 0 atom stereocenters. The SMILES string of the molecule is CCc1ccc(OCC(=O)Nc2cc(C(=O)OC)ccc2N2CCN(C(C)=O)CC2)cc1. The third-order valence-electron chi connectivity index (χ3n) is 5.46. The normalized spacial score (nSPS) is 13.5. The molecule has 0 aromatic heterocycles. The highest BCUT2D eigenvalue weighted by atomic mass is 16.5. The number of nitrogens with one attached hydrogen (secondary N) is 1. The maximum atomic E-state index is 12.6. The van der Waals surface area contributed by atoms with E-state index in [4.69, 9.17) is 9.47 Å². The summed E-state index contributed by atoms with van der Waals surface area (Å²) in [6.45, 7) is 5.91. The lowest BCUT2D eigenvalue weighted by atomic mass is 10.1. The number of hydrogen-bond donors (Lipinski definition) is 1. The van der Waals surface area contributed by atoms with Gasteiger partial charge in [0.2, 0.25) is 5.91 Å². The van der Waals surface area contributed by atoms with E-state index in [0.717, 1.165) is 12.1 Å². The molecule has 0 radical (unpaired) electrons. The lowest BCUT2D eigenvalue weighted by Gasteiger charge is -2.36. The molecule has 1 saturated heterocycles. The first-order chi connectivity index (χ1) is 15.4. The lowest BCUT2D eigenvalue weighted by Crippen LogP contribution is -2.48. The van der Waals surface area contributed by atoms with Crippen molar-refractivity contribution in [3.63, 3.8) is 0 Å². The summed E-state index contributed by atoms with van der Waals surface area (Å²) in [5.41, 5.74) is 2.81. The Morgan fingerprint density at radius 3 is 2.28 bits per heavy atom. The van der Waals surface area contributed by atoms with E-state index in [1.807, 2.05) is 24.3 Å². The number of esters is 1. The van der Waals surface area contributed by atoms with E-state index < -0.39 is 5.97 Å². The molecule has 1 fully saturated rings. The Labute approximate surface area is 188 Å². The monoisotopic (exact) mass is 439 g/mol. The minimum atomic E-state index is -0.485. The molecule has 2 aromatic rings. The van der Waals surface area contributed by atoms with Crippen LogP contribution in [0.3, 0.4) is 0 Å². The predicted molar refractivity (Wildman–Crippen MR) is 122 cm³/mol. The van der Waals surface area contributed by atoms with Crippen molar-refractivity contribution in [1.29, 1.82) is 0 Å². The number of carbonyl (C=O) groups excluding carboxylic acids is 3. The van der Waals surface area contributed by atoms with Crippen molar-refractivity contribution in [3.8, 4) is 5.75 Å². The number of methoxy groups -OCH3 is 1. The fourth-order valence-electron chi connectivity index (χ4n) is 3.58. The number of anilines is 2. The van der Waals surface area contributed by atoms with Gasteiger partial charge in [-0.15, -0.1) is 0 Å². The number of ether oxygens (including phenoxy) is 2. The molecule has 1 heterocycles. The molecule has 2 amide bonds. The zero-order valence-corrected chi connectivity index (χ0v) is 18.7. The predicted octanol–water partition coefficient (Wildman–Crippen LogP) is 2.72. The first-order valence-corrected chi connectivity index (χ1v) is 10.7. The van der Waals surface area contributed by atoms with Crippen molar-refractivity contribution in [2.75, 3.05) is 50.1 Å². The highest BCUT2D eigenvalue weighted by Crippen LogP contribution is 2.29. The van der Waals surface area contributed by atoms with Crippen LogP contribution >= 0.6 is 0 Å². The summed E-state index contributed by atoms with van der Waals surface area (Å²) in [5, 5.41) is 2.86. The minimum Gasteiger partial charge on any atom is -0.484 e. The van der Waals surface area contributed by atoms with Crippen molar-refractivity contribution in [2.24, 2.45) is 0 Å². The number of rotatable bonds is 7. The second-order valence-electron chi connectivity index (χ2n) is 7.55. The quantitative estimate of drug-likeness (QED) is 0.668. The smallest absolute Gasteiger partial charge is 0.337 e. The van der Waals surface area contributed by atoms with Crippen LogP contribution in [0.4, 0.5) is 11.4 Å². The third kappa shape index (κ3) is 5.78. The molecule has 0 saturated carbocycles. The van der Waals surface area contributed by atoms with Gasteiger partial charge in [0.1, 0.15) is 5.75 Å². The largest absolute Gasteiger partial charge is 0.484 e. The zero-order valence-electron chi connectivity index (χ0n) is 18.7. The first kappa shape index (κ1) is 23.1. The van der Waals surface area contributed by atoms with Gasteiger partial charge in [-0.3, -0.25) is 9.59 Å². The maximum absolute atomic E-state index is 12.6. The average molecular weight is 440 g/mol. The molecular weight excluding hydrogens is 410 g/mol. The van der Waals surface area contributed by atoms with Crippen LogP contribution in [0.15, 0.2) is 42.5 Å². The number of benzene rings is 2. The van der Waals surface area contributed by atoms with Crippen molar-refractivity contribution in [1.82, 2.24) is 4.90 Å². The van der Waals surface area contributed by atoms with Crippen LogP contribution in [-0.2, 0) is 20.7 Å². The fraction of sp³-hybridized carbons (Fsp3) is 0.375. The molecule has 0 bridgehead atoms. The number of piperazine rings is 1. The molecule has 3 rings (SSSR count). The molecule has 2 aromatic carbocycles. The van der Waals surface area contributed by atoms with Gasteiger partial charge in [0.05, 0.1) is 24.0 Å². The van der Waals surface area contributed by atoms with Gasteiger partial charge in [-0.2, -0.15) is 0 Å². The number of amides is 2. The summed E-state index contributed by atoms with van der Waals surface area (Å²) >= 11 is 0. The molecule has 8 heteroatoms. The number of carbonyl (C=O) groups is 3. The van der Waals surface area contributed by atoms with Crippen LogP contribution in [0.5, 0.6) is 5.75 Å². The molecule has 0 unspecified atom stereocenters. The number of hydrogen-bond acceptors (Lipinski definition) is 6. The Balaban J connectivity index is 1.72. The van der Waals surface area contributed by atoms with E-state index in [9.17, 15) is 14.4 Å². The second kappa shape index (κ2) is 10.7.